The minimum Gasteiger partial charge on any atom is -0.480 e. The van der Waals surface area contributed by atoms with Gasteiger partial charge in [-0.15, -0.1) is 0 Å². The third kappa shape index (κ3) is 5.23. The predicted molar refractivity (Wildman–Crippen MR) is 119 cm³/mol. The molecule has 0 radical (unpaired) electrons. The van der Waals surface area contributed by atoms with Crippen LogP contribution in [0.15, 0.2) is 24.3 Å². The van der Waals surface area contributed by atoms with E-state index in [-0.39, 0.29) is 24.1 Å². The second-order valence-corrected chi connectivity index (χ2v) is 10.9. The Labute approximate surface area is 185 Å². The molecule has 1 N–H and O–H groups in total. The van der Waals surface area contributed by atoms with E-state index in [0.717, 1.165) is 37.9 Å². The molecule has 0 aromatic heterocycles. The first kappa shape index (κ1) is 22.6. The second kappa shape index (κ2) is 9.46. The van der Waals surface area contributed by atoms with E-state index < -0.39 is 16.1 Å². The van der Waals surface area contributed by atoms with Gasteiger partial charge < -0.3 is 14.4 Å². The molecule has 3 heterocycles. The summed E-state index contributed by atoms with van der Waals surface area (Å²) in [5, 5.41) is 0. The van der Waals surface area contributed by atoms with Gasteiger partial charge >= 0.3 is 0 Å². The predicted octanol–water partition coefficient (Wildman–Crippen LogP) is 2.81. The van der Waals surface area contributed by atoms with Crippen LogP contribution in [0.3, 0.4) is 0 Å². The van der Waals surface area contributed by atoms with Crippen molar-refractivity contribution in [1.29, 1.82) is 0 Å². The van der Waals surface area contributed by atoms with Gasteiger partial charge in [0.2, 0.25) is 10.0 Å². The van der Waals surface area contributed by atoms with E-state index in [9.17, 15) is 13.2 Å². The molecule has 2 fully saturated rings. The fourth-order valence-corrected chi connectivity index (χ4v) is 6.12. The number of piperidine rings is 1. The van der Waals surface area contributed by atoms with Crippen LogP contribution in [-0.4, -0.2) is 62.9 Å². The number of carbonyl (C=O) groups excluding carboxylic acids is 1. The third-order valence-electron chi connectivity index (χ3n) is 6.88. The third-order valence-corrected chi connectivity index (χ3v) is 7.61. The molecule has 3 atom stereocenters. The standard InChI is InChI=1S/C23H34N2O5S/c1-3-21-23(26)25-14-6-8-19(24-31(2,27)28)20(25)15-29-17-12-10-16(11-13-17)18-7-4-5-9-22(18)30-21/h4-5,7,9,16-17,19-21,24H,3,6,8,10-15H2,1-2H3/t16-,17+,19?,20?,21?. The molecule has 1 aromatic rings. The summed E-state index contributed by atoms with van der Waals surface area (Å²) in [5.74, 6) is 1.12. The van der Waals surface area contributed by atoms with E-state index in [1.54, 1.807) is 4.90 Å². The second-order valence-electron chi connectivity index (χ2n) is 9.10. The molecule has 1 saturated carbocycles. The highest BCUT2D eigenvalue weighted by atomic mass is 32.2. The van der Waals surface area contributed by atoms with E-state index in [2.05, 4.69) is 10.8 Å². The smallest absolute Gasteiger partial charge is 0.264 e. The maximum atomic E-state index is 13.6. The lowest BCUT2D eigenvalue weighted by molar-refractivity contribution is -0.146. The van der Waals surface area contributed by atoms with Gasteiger partial charge in [-0.1, -0.05) is 25.1 Å². The molecule has 4 aliphatic rings. The van der Waals surface area contributed by atoms with Crippen molar-refractivity contribution in [2.75, 3.05) is 19.4 Å². The lowest BCUT2D eigenvalue weighted by Crippen LogP contribution is -2.61. The Bertz CT molecular complexity index is 882. The first-order chi connectivity index (χ1) is 14.9. The van der Waals surface area contributed by atoms with Crippen LogP contribution in [0, 0.1) is 0 Å². The first-order valence-electron chi connectivity index (χ1n) is 11.5. The van der Waals surface area contributed by atoms with Crippen molar-refractivity contribution in [3.8, 4) is 5.75 Å². The summed E-state index contributed by atoms with van der Waals surface area (Å²) < 4.78 is 39.3. The van der Waals surface area contributed by atoms with Crippen molar-refractivity contribution in [2.24, 2.45) is 0 Å². The minimum atomic E-state index is -3.39. The van der Waals surface area contributed by atoms with E-state index >= 15 is 0 Å². The molecule has 1 aromatic carbocycles. The molecule has 172 valence electrons. The molecular weight excluding hydrogens is 416 g/mol. The minimum absolute atomic E-state index is 0.0857. The number of hydrogen-bond acceptors (Lipinski definition) is 5. The van der Waals surface area contributed by atoms with Crippen LogP contribution in [0.4, 0.5) is 0 Å². The quantitative estimate of drug-likeness (QED) is 0.766. The number of carbonyl (C=O) groups is 1. The molecule has 7 nitrogen and oxygen atoms in total. The number of ether oxygens (including phenoxy) is 2. The zero-order chi connectivity index (χ0) is 22.0. The number of hydrogen-bond donors (Lipinski definition) is 1. The highest BCUT2D eigenvalue weighted by Gasteiger charge is 2.40. The van der Waals surface area contributed by atoms with Crippen LogP contribution in [0.25, 0.3) is 0 Å². The van der Waals surface area contributed by atoms with Crippen LogP contribution < -0.4 is 9.46 Å². The van der Waals surface area contributed by atoms with Crippen LogP contribution in [0.1, 0.15) is 63.4 Å². The molecule has 0 spiro atoms. The number of nitrogens with one attached hydrogen (secondary N) is 1. The van der Waals surface area contributed by atoms with E-state index in [0.29, 0.717) is 31.9 Å². The van der Waals surface area contributed by atoms with Crippen molar-refractivity contribution in [3.05, 3.63) is 29.8 Å². The van der Waals surface area contributed by atoms with Gasteiger partial charge in [-0.3, -0.25) is 4.79 Å². The summed E-state index contributed by atoms with van der Waals surface area (Å²) in [6.07, 6.45) is 6.67. The summed E-state index contributed by atoms with van der Waals surface area (Å²) in [4.78, 5) is 15.4. The van der Waals surface area contributed by atoms with Crippen LogP contribution in [-0.2, 0) is 19.6 Å². The van der Waals surface area contributed by atoms with Gasteiger partial charge in [0.15, 0.2) is 6.10 Å². The number of amides is 1. The normalized spacial score (nSPS) is 32.1. The number of fused-ring (bicyclic) bond motifs is 5. The highest BCUT2D eigenvalue weighted by molar-refractivity contribution is 7.88. The molecule has 31 heavy (non-hydrogen) atoms. The number of nitrogens with zero attached hydrogens (tertiary/aromatic N) is 1. The number of benzene rings is 1. The van der Waals surface area contributed by atoms with Gasteiger partial charge in [0.1, 0.15) is 5.75 Å². The van der Waals surface area contributed by atoms with Crippen molar-refractivity contribution in [2.45, 2.75) is 82.1 Å². The van der Waals surface area contributed by atoms with Crippen molar-refractivity contribution in [1.82, 2.24) is 9.62 Å². The molecule has 3 aliphatic heterocycles. The van der Waals surface area contributed by atoms with Crippen molar-refractivity contribution >= 4 is 15.9 Å². The fraction of sp³-hybridized carbons (Fsp3) is 0.696. The lowest BCUT2D eigenvalue weighted by Gasteiger charge is -2.42. The van der Waals surface area contributed by atoms with Crippen molar-refractivity contribution < 1.29 is 22.7 Å². The van der Waals surface area contributed by atoms with E-state index in [4.69, 9.17) is 9.47 Å². The summed E-state index contributed by atoms with van der Waals surface area (Å²) in [6.45, 7) is 2.89. The highest BCUT2D eigenvalue weighted by Crippen LogP contribution is 2.39. The van der Waals surface area contributed by atoms with Gasteiger partial charge in [0.25, 0.3) is 5.91 Å². The van der Waals surface area contributed by atoms with Gasteiger partial charge in [-0.25, -0.2) is 13.1 Å². The molecule has 3 unspecified atom stereocenters. The SMILES string of the molecule is CCC1Oc2ccccc2[C@H]2CC[C@H](CC2)OCC2C(NS(C)(=O)=O)CCCN2C1=O. The molecule has 5 rings (SSSR count). The maximum Gasteiger partial charge on any atom is 0.264 e. The van der Waals surface area contributed by atoms with E-state index in [1.807, 2.05) is 25.1 Å². The Kier molecular flexibility index (Phi) is 6.89. The van der Waals surface area contributed by atoms with Gasteiger partial charge in [-0.2, -0.15) is 0 Å². The van der Waals surface area contributed by atoms with Gasteiger partial charge in [0.05, 0.1) is 25.0 Å². The first-order valence-corrected chi connectivity index (χ1v) is 13.4. The molecule has 1 saturated heterocycles. The van der Waals surface area contributed by atoms with Crippen molar-refractivity contribution in [3.63, 3.8) is 0 Å². The zero-order valence-corrected chi connectivity index (χ0v) is 19.3. The average Bonchev–Trinajstić information content (AvgIpc) is 2.76. The van der Waals surface area contributed by atoms with Crippen LogP contribution in [0.2, 0.25) is 0 Å². The molecular formula is C23H34N2O5S. The van der Waals surface area contributed by atoms with E-state index in [1.165, 1.54) is 11.8 Å². The Morgan fingerprint density at radius 1 is 1.13 bits per heavy atom. The Morgan fingerprint density at radius 2 is 1.87 bits per heavy atom. The summed E-state index contributed by atoms with van der Waals surface area (Å²) in [7, 11) is -3.39. The van der Waals surface area contributed by atoms with Crippen LogP contribution in [0.5, 0.6) is 5.75 Å². The molecule has 8 heteroatoms. The average molecular weight is 451 g/mol. The fourth-order valence-electron chi connectivity index (χ4n) is 5.30. The lowest BCUT2D eigenvalue weighted by atomic mass is 9.82. The number of rotatable bonds is 3. The monoisotopic (exact) mass is 450 g/mol. The Hall–Kier alpha value is -1.64. The molecule has 1 amide bonds. The number of sulfonamides is 1. The molecule has 1 aliphatic carbocycles. The Balaban J connectivity index is 1.68. The topological polar surface area (TPSA) is 84.9 Å². The summed E-state index contributed by atoms with van der Waals surface area (Å²) >= 11 is 0. The number of para-hydroxylation sites is 1. The molecule has 2 bridgehead atoms. The maximum absolute atomic E-state index is 13.6. The van der Waals surface area contributed by atoms with Crippen LogP contribution >= 0.6 is 0 Å². The summed E-state index contributed by atoms with van der Waals surface area (Å²) in [5.41, 5.74) is 1.18. The van der Waals surface area contributed by atoms with Gasteiger partial charge in [-0.05, 0) is 62.5 Å². The zero-order valence-electron chi connectivity index (χ0n) is 18.5. The van der Waals surface area contributed by atoms with Gasteiger partial charge in [0, 0.05) is 12.6 Å². The largest absolute Gasteiger partial charge is 0.480 e. The summed E-state index contributed by atoms with van der Waals surface area (Å²) in [6, 6.07) is 7.40. The Morgan fingerprint density at radius 3 is 2.58 bits per heavy atom.